The molecule has 0 fully saturated rings. The van der Waals surface area contributed by atoms with Crippen LogP contribution in [-0.4, -0.2) is 30.4 Å². The van der Waals surface area contributed by atoms with E-state index in [2.05, 4.69) is 16.2 Å². The summed E-state index contributed by atoms with van der Waals surface area (Å²) in [7, 11) is 3.68. The Labute approximate surface area is 47.7 Å². The highest BCUT2D eigenvalue weighted by atomic mass is 15.8. The van der Waals surface area contributed by atoms with Gasteiger partial charge in [-0.15, -0.1) is 0 Å². The lowest BCUT2D eigenvalue weighted by Crippen LogP contribution is -2.70. The zero-order chi connectivity index (χ0) is 6.15. The van der Waals surface area contributed by atoms with Crippen molar-refractivity contribution in [3.63, 3.8) is 0 Å². The normalized spacial score (nSPS) is 20.9. The summed E-state index contributed by atoms with van der Waals surface area (Å²) >= 11 is 0. The maximum absolute atomic E-state index is 3.76. The average Bonchev–Trinajstić information content (AvgIpc) is 1.98. The van der Waals surface area contributed by atoms with Crippen LogP contribution >= 0.6 is 0 Å². The lowest BCUT2D eigenvalue weighted by Gasteiger charge is -2.12. The van der Waals surface area contributed by atoms with E-state index in [4.69, 9.17) is 0 Å². The van der Waals surface area contributed by atoms with Gasteiger partial charge in [-0.2, -0.15) is 0 Å². The second-order valence-corrected chi connectivity index (χ2v) is 1.81. The van der Waals surface area contributed by atoms with Crippen LogP contribution < -0.4 is 5.73 Å². The summed E-state index contributed by atoms with van der Waals surface area (Å²) in [4.78, 5) is 0. The third-order valence-electron chi connectivity index (χ3n) is 1.18. The van der Waals surface area contributed by atoms with Crippen LogP contribution in [-0.2, 0) is 0 Å². The van der Waals surface area contributed by atoms with Gasteiger partial charge in [0.05, 0.1) is 0 Å². The Balaban J connectivity index is 2.55. The maximum Gasteiger partial charge on any atom is 0.273 e. The third kappa shape index (κ3) is 0.604. The van der Waals surface area contributed by atoms with Crippen LogP contribution in [0.4, 0.5) is 0 Å². The molecule has 1 aliphatic rings. The highest BCUT2D eigenvalue weighted by molar-refractivity contribution is 4.48. The molecule has 1 aliphatic heterocycles. The minimum absolute atomic E-state index is 0.0648. The van der Waals surface area contributed by atoms with E-state index in [1.54, 1.807) is 10.0 Å². The summed E-state index contributed by atoms with van der Waals surface area (Å²) in [6.45, 7) is 0. The standard InChI is InChI=1S/C3H9N5/c1-7-3(4)8(2)6-5-7/h3H,4H2,1-2H3/p+1. The van der Waals surface area contributed by atoms with Crippen molar-refractivity contribution >= 4 is 0 Å². The van der Waals surface area contributed by atoms with Crippen molar-refractivity contribution in [2.45, 2.75) is 6.29 Å². The second kappa shape index (κ2) is 1.59. The van der Waals surface area contributed by atoms with Crippen molar-refractivity contribution in [1.29, 1.82) is 0 Å². The largest absolute Gasteiger partial charge is 0.317 e. The minimum atomic E-state index is 0.0648. The molecule has 46 valence electrons. The fraction of sp³-hybridized carbons (Fsp3) is 1.00. The van der Waals surface area contributed by atoms with Crippen LogP contribution in [0.3, 0.4) is 0 Å². The van der Waals surface area contributed by atoms with Crippen molar-refractivity contribution in [1.82, 2.24) is 10.0 Å². The molecule has 3 N–H and O–H groups in total. The van der Waals surface area contributed by atoms with Crippen LogP contribution in [0.5, 0.6) is 0 Å². The van der Waals surface area contributed by atoms with Gasteiger partial charge in [0.15, 0.2) is 0 Å². The summed E-state index contributed by atoms with van der Waals surface area (Å²) in [6, 6.07) is 0. The van der Waals surface area contributed by atoms with E-state index in [9.17, 15) is 0 Å². The first-order chi connectivity index (χ1) is 3.72. The van der Waals surface area contributed by atoms with Gasteiger partial charge in [0.1, 0.15) is 0 Å². The first kappa shape index (κ1) is 5.30. The van der Waals surface area contributed by atoms with Gasteiger partial charge in [0, 0.05) is 14.1 Å². The molecule has 0 spiro atoms. The smallest absolute Gasteiger partial charge is 0.273 e. The number of hydrogen-bond acceptors (Lipinski definition) is 4. The monoisotopic (exact) mass is 116 g/mol. The van der Waals surface area contributed by atoms with E-state index < -0.39 is 0 Å². The predicted molar refractivity (Wildman–Crippen MR) is 27.1 cm³/mol. The van der Waals surface area contributed by atoms with Gasteiger partial charge < -0.3 is 5.73 Å². The molecular weight excluding hydrogens is 106 g/mol. The molecule has 0 amide bonds. The Morgan fingerprint density at radius 3 is 1.75 bits per heavy atom. The number of quaternary nitrogens is 1. The molecular formula is C3H10N5+. The van der Waals surface area contributed by atoms with Crippen molar-refractivity contribution in [3.05, 3.63) is 0 Å². The number of hydrogen-bond donors (Lipinski definition) is 1. The first-order valence-electron chi connectivity index (χ1n) is 2.42. The van der Waals surface area contributed by atoms with Gasteiger partial charge in [-0.05, 0) is 10.4 Å². The summed E-state index contributed by atoms with van der Waals surface area (Å²) < 4.78 is 0. The molecule has 0 aliphatic carbocycles. The summed E-state index contributed by atoms with van der Waals surface area (Å²) in [5, 5.41) is 10.8. The molecule has 8 heavy (non-hydrogen) atoms. The average molecular weight is 116 g/mol. The summed E-state index contributed by atoms with van der Waals surface area (Å²) in [6.07, 6.45) is 0.0648. The van der Waals surface area contributed by atoms with Crippen LogP contribution in [0, 0.1) is 0 Å². The SMILES string of the molecule is CN1N=NN(C)C1[NH3+]. The Morgan fingerprint density at radius 1 is 1.25 bits per heavy atom. The molecule has 0 saturated carbocycles. The molecule has 1 heterocycles. The van der Waals surface area contributed by atoms with Crippen LogP contribution in [0.25, 0.3) is 0 Å². The molecule has 0 aromatic rings. The molecule has 1 rings (SSSR count). The molecule has 0 aromatic heterocycles. The third-order valence-corrected chi connectivity index (χ3v) is 1.18. The molecule has 0 atom stereocenters. The molecule has 5 heteroatoms. The fourth-order valence-electron chi connectivity index (χ4n) is 0.487. The molecule has 0 aromatic carbocycles. The molecule has 0 unspecified atom stereocenters. The van der Waals surface area contributed by atoms with Gasteiger partial charge >= 0.3 is 0 Å². The highest BCUT2D eigenvalue weighted by Crippen LogP contribution is 2.03. The zero-order valence-electron chi connectivity index (χ0n) is 5.07. The predicted octanol–water partition coefficient (Wildman–Crippen LogP) is -1.33. The van der Waals surface area contributed by atoms with Crippen molar-refractivity contribution in [2.24, 2.45) is 10.4 Å². The van der Waals surface area contributed by atoms with Gasteiger partial charge in [0.25, 0.3) is 6.29 Å². The van der Waals surface area contributed by atoms with Gasteiger partial charge in [-0.25, -0.2) is 10.0 Å². The van der Waals surface area contributed by atoms with Gasteiger partial charge in [-0.1, -0.05) is 0 Å². The second-order valence-electron chi connectivity index (χ2n) is 1.81. The summed E-state index contributed by atoms with van der Waals surface area (Å²) in [5.74, 6) is 0. The lowest BCUT2D eigenvalue weighted by molar-refractivity contribution is -0.484. The quantitative estimate of drug-likeness (QED) is 0.426. The zero-order valence-corrected chi connectivity index (χ0v) is 5.07. The Bertz CT molecular complexity index is 98.2. The van der Waals surface area contributed by atoms with E-state index >= 15 is 0 Å². The molecule has 0 radical (unpaired) electrons. The number of nitrogens with zero attached hydrogens (tertiary/aromatic N) is 4. The van der Waals surface area contributed by atoms with E-state index in [0.29, 0.717) is 0 Å². The van der Waals surface area contributed by atoms with Crippen LogP contribution in [0.2, 0.25) is 0 Å². The molecule has 5 nitrogen and oxygen atoms in total. The highest BCUT2D eigenvalue weighted by Gasteiger charge is 2.21. The van der Waals surface area contributed by atoms with Crippen molar-refractivity contribution in [2.75, 3.05) is 14.1 Å². The van der Waals surface area contributed by atoms with E-state index in [-0.39, 0.29) is 6.29 Å². The first-order valence-corrected chi connectivity index (χ1v) is 2.42. The Morgan fingerprint density at radius 2 is 1.62 bits per heavy atom. The van der Waals surface area contributed by atoms with E-state index in [1.807, 2.05) is 14.1 Å². The van der Waals surface area contributed by atoms with E-state index in [0.717, 1.165) is 0 Å². The lowest BCUT2D eigenvalue weighted by atomic mass is 10.8. The van der Waals surface area contributed by atoms with Crippen LogP contribution in [0.1, 0.15) is 0 Å². The maximum atomic E-state index is 3.76. The minimum Gasteiger partial charge on any atom is -0.317 e. The van der Waals surface area contributed by atoms with Gasteiger partial charge in [0.2, 0.25) is 0 Å². The fourth-order valence-corrected chi connectivity index (χ4v) is 0.487. The van der Waals surface area contributed by atoms with Crippen molar-refractivity contribution in [3.8, 4) is 0 Å². The van der Waals surface area contributed by atoms with Gasteiger partial charge in [-0.3, -0.25) is 0 Å². The topological polar surface area (TPSA) is 58.8 Å². The molecule has 0 bridgehead atoms. The molecule has 0 saturated heterocycles. The Hall–Kier alpha value is -0.840. The summed E-state index contributed by atoms with van der Waals surface area (Å²) in [5.41, 5.74) is 3.76. The van der Waals surface area contributed by atoms with E-state index in [1.165, 1.54) is 0 Å². The number of rotatable bonds is 0. The van der Waals surface area contributed by atoms with Crippen molar-refractivity contribution < 1.29 is 5.73 Å². The Kier molecular flexibility index (Phi) is 1.05. The van der Waals surface area contributed by atoms with Crippen LogP contribution in [0.15, 0.2) is 10.4 Å².